The summed E-state index contributed by atoms with van der Waals surface area (Å²) >= 11 is 0. The van der Waals surface area contributed by atoms with E-state index in [-0.39, 0.29) is 22.1 Å². The summed E-state index contributed by atoms with van der Waals surface area (Å²) in [6, 6.07) is 6.18. The fourth-order valence-corrected chi connectivity index (χ4v) is 3.19. The van der Waals surface area contributed by atoms with Gasteiger partial charge in [-0.2, -0.15) is 0 Å². The maximum absolute atomic E-state index is 11.3. The summed E-state index contributed by atoms with van der Waals surface area (Å²) in [5, 5.41) is 17.2. The first-order valence-electron chi connectivity index (χ1n) is 6.23. The van der Waals surface area contributed by atoms with Crippen LogP contribution in [-0.2, 0) is 14.8 Å². The number of sulfonamides is 1. The number of rotatable bonds is 5. The van der Waals surface area contributed by atoms with Crippen LogP contribution in [0.3, 0.4) is 0 Å². The Hall–Kier alpha value is -1.60. The van der Waals surface area contributed by atoms with Crippen molar-refractivity contribution < 1.29 is 18.3 Å². The summed E-state index contributed by atoms with van der Waals surface area (Å²) in [6.45, 7) is 4.32. The van der Waals surface area contributed by atoms with Crippen molar-refractivity contribution in [3.63, 3.8) is 0 Å². The average molecular weight is 298 g/mol. The highest BCUT2D eigenvalue weighted by Crippen LogP contribution is 2.58. The number of hydrogen-bond acceptors (Lipinski definition) is 4. The molecule has 0 heterocycles. The highest BCUT2D eigenvalue weighted by atomic mass is 32.2. The Balaban J connectivity index is 2.05. The SMILES string of the molecule is CC1(C)C(CNc2cccc(S(N)(=O)=O)c2)C1C(=O)O. The Kier molecular flexibility index (Phi) is 3.51. The molecule has 2 rings (SSSR count). The quantitative estimate of drug-likeness (QED) is 0.754. The summed E-state index contributed by atoms with van der Waals surface area (Å²) in [6.07, 6.45) is 0. The number of carboxylic acid groups (broad SMARTS) is 1. The van der Waals surface area contributed by atoms with Crippen molar-refractivity contribution in [2.45, 2.75) is 18.7 Å². The van der Waals surface area contributed by atoms with E-state index in [9.17, 15) is 13.2 Å². The van der Waals surface area contributed by atoms with Crippen molar-refractivity contribution in [3.05, 3.63) is 24.3 Å². The highest BCUT2D eigenvalue weighted by Gasteiger charge is 2.61. The van der Waals surface area contributed by atoms with E-state index in [1.165, 1.54) is 12.1 Å². The normalized spacial score (nSPS) is 24.1. The zero-order valence-electron chi connectivity index (χ0n) is 11.3. The summed E-state index contributed by atoms with van der Waals surface area (Å²) in [4.78, 5) is 11.1. The third-order valence-electron chi connectivity index (χ3n) is 4.01. The standard InChI is InChI=1S/C13H18N2O4S/c1-13(2)10(11(13)12(16)17)7-15-8-4-3-5-9(6-8)20(14,18)19/h3-6,10-11,15H,7H2,1-2H3,(H,16,17)(H2,14,18,19). The lowest BCUT2D eigenvalue weighted by Crippen LogP contribution is -2.13. The Morgan fingerprint density at radius 1 is 1.45 bits per heavy atom. The predicted octanol–water partition coefficient (Wildman–Crippen LogP) is 1.10. The van der Waals surface area contributed by atoms with Gasteiger partial charge in [-0.05, 0) is 29.5 Å². The van der Waals surface area contributed by atoms with Gasteiger partial charge >= 0.3 is 5.97 Å². The van der Waals surface area contributed by atoms with E-state index in [1.54, 1.807) is 12.1 Å². The van der Waals surface area contributed by atoms with Crippen LogP contribution in [0.1, 0.15) is 13.8 Å². The number of carboxylic acids is 1. The molecule has 2 atom stereocenters. The molecule has 110 valence electrons. The van der Waals surface area contributed by atoms with Gasteiger partial charge in [0.1, 0.15) is 0 Å². The van der Waals surface area contributed by atoms with Crippen molar-refractivity contribution in [2.75, 3.05) is 11.9 Å². The number of hydrogen-bond donors (Lipinski definition) is 3. The molecule has 6 nitrogen and oxygen atoms in total. The number of aliphatic carboxylic acids is 1. The van der Waals surface area contributed by atoms with Crippen molar-refractivity contribution in [1.82, 2.24) is 0 Å². The van der Waals surface area contributed by atoms with Crippen LogP contribution in [0.4, 0.5) is 5.69 Å². The van der Waals surface area contributed by atoms with Crippen LogP contribution in [-0.4, -0.2) is 26.0 Å². The molecule has 0 bridgehead atoms. The first-order valence-corrected chi connectivity index (χ1v) is 7.78. The Morgan fingerprint density at radius 2 is 2.10 bits per heavy atom. The minimum Gasteiger partial charge on any atom is -0.481 e. The molecule has 1 aliphatic rings. The molecule has 1 aliphatic carbocycles. The van der Waals surface area contributed by atoms with E-state index in [2.05, 4.69) is 5.32 Å². The van der Waals surface area contributed by atoms with Gasteiger partial charge in [-0.3, -0.25) is 4.79 Å². The zero-order chi connectivity index (χ0) is 15.1. The third kappa shape index (κ3) is 2.78. The van der Waals surface area contributed by atoms with Gasteiger partial charge in [-0.15, -0.1) is 0 Å². The molecule has 0 radical (unpaired) electrons. The molecule has 4 N–H and O–H groups in total. The second kappa shape index (κ2) is 4.75. The molecule has 0 amide bonds. The molecule has 0 saturated heterocycles. The summed E-state index contributed by atoms with van der Waals surface area (Å²) in [7, 11) is -3.73. The van der Waals surface area contributed by atoms with Gasteiger partial charge < -0.3 is 10.4 Å². The van der Waals surface area contributed by atoms with E-state index in [4.69, 9.17) is 10.2 Å². The van der Waals surface area contributed by atoms with Gasteiger partial charge in [0.05, 0.1) is 10.8 Å². The maximum Gasteiger partial charge on any atom is 0.307 e. The summed E-state index contributed by atoms with van der Waals surface area (Å²) in [5.41, 5.74) is 0.375. The topological polar surface area (TPSA) is 109 Å². The predicted molar refractivity (Wildman–Crippen MR) is 74.7 cm³/mol. The molecule has 20 heavy (non-hydrogen) atoms. The van der Waals surface area contributed by atoms with Gasteiger partial charge in [-0.25, -0.2) is 13.6 Å². The van der Waals surface area contributed by atoms with Crippen LogP contribution in [0.5, 0.6) is 0 Å². The number of primary sulfonamides is 1. The van der Waals surface area contributed by atoms with Crippen LogP contribution in [0.2, 0.25) is 0 Å². The number of carbonyl (C=O) groups is 1. The molecular weight excluding hydrogens is 280 g/mol. The maximum atomic E-state index is 11.3. The average Bonchev–Trinajstić information content (AvgIpc) is 2.88. The molecule has 1 aromatic carbocycles. The lowest BCUT2D eigenvalue weighted by molar-refractivity contribution is -0.139. The Bertz CT molecular complexity index is 640. The van der Waals surface area contributed by atoms with Crippen molar-refractivity contribution in [1.29, 1.82) is 0 Å². The molecule has 7 heteroatoms. The van der Waals surface area contributed by atoms with E-state index >= 15 is 0 Å². The third-order valence-corrected chi connectivity index (χ3v) is 4.92. The number of benzene rings is 1. The lowest BCUT2D eigenvalue weighted by atomic mass is 10.1. The van der Waals surface area contributed by atoms with Crippen LogP contribution < -0.4 is 10.5 Å². The molecule has 0 spiro atoms. The monoisotopic (exact) mass is 298 g/mol. The second-order valence-corrected chi connectivity index (χ2v) is 7.26. The van der Waals surface area contributed by atoms with Crippen molar-refractivity contribution >= 4 is 21.7 Å². The number of nitrogens with one attached hydrogen (secondary N) is 1. The van der Waals surface area contributed by atoms with Gasteiger partial charge in [-0.1, -0.05) is 19.9 Å². The largest absolute Gasteiger partial charge is 0.481 e. The number of anilines is 1. The van der Waals surface area contributed by atoms with E-state index < -0.39 is 16.0 Å². The lowest BCUT2D eigenvalue weighted by Gasteiger charge is -2.08. The van der Waals surface area contributed by atoms with Crippen molar-refractivity contribution in [3.8, 4) is 0 Å². The van der Waals surface area contributed by atoms with Gasteiger partial charge in [0.15, 0.2) is 0 Å². The molecular formula is C13H18N2O4S. The minimum atomic E-state index is -3.73. The number of nitrogens with two attached hydrogens (primary N) is 1. The van der Waals surface area contributed by atoms with E-state index in [0.29, 0.717) is 12.2 Å². The molecule has 1 saturated carbocycles. The van der Waals surface area contributed by atoms with Crippen LogP contribution >= 0.6 is 0 Å². The fourth-order valence-electron chi connectivity index (χ4n) is 2.63. The van der Waals surface area contributed by atoms with Crippen LogP contribution in [0.25, 0.3) is 0 Å². The zero-order valence-corrected chi connectivity index (χ0v) is 12.1. The molecule has 0 aliphatic heterocycles. The molecule has 2 unspecified atom stereocenters. The first kappa shape index (κ1) is 14.8. The molecule has 1 fully saturated rings. The molecule has 1 aromatic rings. The summed E-state index contributed by atoms with van der Waals surface area (Å²) < 4.78 is 22.5. The Morgan fingerprint density at radius 3 is 2.60 bits per heavy atom. The Labute approximate surface area is 118 Å². The highest BCUT2D eigenvalue weighted by molar-refractivity contribution is 7.89. The summed E-state index contributed by atoms with van der Waals surface area (Å²) in [5.74, 6) is -1.13. The second-order valence-electron chi connectivity index (χ2n) is 5.70. The van der Waals surface area contributed by atoms with Crippen LogP contribution in [0, 0.1) is 17.3 Å². The molecule has 0 aromatic heterocycles. The van der Waals surface area contributed by atoms with Gasteiger partial charge in [0.25, 0.3) is 0 Å². The fraction of sp³-hybridized carbons (Fsp3) is 0.462. The van der Waals surface area contributed by atoms with E-state index in [1.807, 2.05) is 13.8 Å². The smallest absolute Gasteiger partial charge is 0.307 e. The van der Waals surface area contributed by atoms with E-state index in [0.717, 1.165) is 0 Å². The van der Waals surface area contributed by atoms with Crippen molar-refractivity contribution in [2.24, 2.45) is 22.4 Å². The van der Waals surface area contributed by atoms with Crippen LogP contribution in [0.15, 0.2) is 29.2 Å². The van der Waals surface area contributed by atoms with Gasteiger partial charge in [0, 0.05) is 12.2 Å². The minimum absolute atomic E-state index is 0.0261. The first-order chi connectivity index (χ1) is 9.14. The van der Waals surface area contributed by atoms with Gasteiger partial charge in [0.2, 0.25) is 10.0 Å².